The number of piperidine rings is 1. The highest BCUT2D eigenvalue weighted by molar-refractivity contribution is 5.31. The van der Waals surface area contributed by atoms with E-state index in [4.69, 9.17) is 5.73 Å². The average Bonchev–Trinajstić information content (AvgIpc) is 2.93. The minimum Gasteiger partial charge on any atom is -0.384 e. The highest BCUT2D eigenvalue weighted by Crippen LogP contribution is 2.21. The number of anilines is 1. The second-order valence-electron chi connectivity index (χ2n) is 5.86. The zero-order chi connectivity index (χ0) is 13.1. The van der Waals surface area contributed by atoms with E-state index in [1.807, 2.05) is 12.3 Å². The van der Waals surface area contributed by atoms with E-state index in [1.165, 1.54) is 57.4 Å². The van der Waals surface area contributed by atoms with Gasteiger partial charge in [0.25, 0.3) is 0 Å². The Bertz CT molecular complexity index is 414. The fourth-order valence-corrected chi connectivity index (χ4v) is 3.43. The molecule has 0 amide bonds. The monoisotopic (exact) mass is 260 g/mol. The number of nitrogens with zero attached hydrogens (tertiary/aromatic N) is 3. The number of aromatic nitrogens is 1. The number of nitrogens with two attached hydrogens (primary N) is 1. The van der Waals surface area contributed by atoms with E-state index < -0.39 is 0 Å². The van der Waals surface area contributed by atoms with E-state index in [2.05, 4.69) is 20.9 Å². The molecule has 2 aliphatic rings. The molecule has 1 atom stereocenters. The minimum absolute atomic E-state index is 0.630. The topological polar surface area (TPSA) is 45.4 Å². The van der Waals surface area contributed by atoms with Gasteiger partial charge in [-0.2, -0.15) is 0 Å². The lowest BCUT2D eigenvalue weighted by Gasteiger charge is -2.37. The summed E-state index contributed by atoms with van der Waals surface area (Å²) in [5.41, 5.74) is 7.04. The van der Waals surface area contributed by atoms with Gasteiger partial charge < -0.3 is 5.73 Å². The molecule has 3 rings (SSSR count). The molecule has 1 aromatic heterocycles. The largest absolute Gasteiger partial charge is 0.384 e. The van der Waals surface area contributed by atoms with Crippen LogP contribution in [0.3, 0.4) is 0 Å². The molecule has 104 valence electrons. The van der Waals surface area contributed by atoms with Gasteiger partial charge in [-0.25, -0.2) is 4.98 Å². The Morgan fingerprint density at radius 2 is 2.05 bits per heavy atom. The van der Waals surface area contributed by atoms with Gasteiger partial charge in [-0.15, -0.1) is 0 Å². The zero-order valence-electron chi connectivity index (χ0n) is 11.6. The Hall–Kier alpha value is -1.13. The first kappa shape index (κ1) is 12.9. The Morgan fingerprint density at radius 1 is 1.21 bits per heavy atom. The third kappa shape index (κ3) is 3.25. The lowest BCUT2D eigenvalue weighted by molar-refractivity contribution is 0.110. The van der Waals surface area contributed by atoms with Gasteiger partial charge in [0.1, 0.15) is 5.82 Å². The van der Waals surface area contributed by atoms with Crippen LogP contribution in [-0.2, 0) is 6.54 Å². The molecule has 2 N–H and O–H groups in total. The van der Waals surface area contributed by atoms with Crippen molar-refractivity contribution in [2.75, 3.05) is 31.9 Å². The second kappa shape index (κ2) is 5.88. The highest BCUT2D eigenvalue weighted by atomic mass is 15.2. The Kier molecular flexibility index (Phi) is 3.99. The fourth-order valence-electron chi connectivity index (χ4n) is 3.43. The van der Waals surface area contributed by atoms with Crippen molar-refractivity contribution in [3.05, 3.63) is 23.9 Å². The van der Waals surface area contributed by atoms with Gasteiger partial charge in [0.05, 0.1) is 0 Å². The average molecular weight is 260 g/mol. The van der Waals surface area contributed by atoms with Crippen LogP contribution in [0.25, 0.3) is 0 Å². The SMILES string of the molecule is Nc1cc(CN2CCCC(N3CCCC3)C2)ccn1. The molecule has 2 fully saturated rings. The molecule has 4 heteroatoms. The third-order valence-corrected chi connectivity index (χ3v) is 4.39. The number of pyridine rings is 1. The van der Waals surface area contributed by atoms with E-state index in [0.717, 1.165) is 12.6 Å². The molecule has 3 heterocycles. The van der Waals surface area contributed by atoms with Gasteiger partial charge >= 0.3 is 0 Å². The molecule has 2 saturated heterocycles. The Balaban J connectivity index is 1.58. The molecule has 0 aromatic carbocycles. The summed E-state index contributed by atoms with van der Waals surface area (Å²) in [5.74, 6) is 0.630. The maximum Gasteiger partial charge on any atom is 0.123 e. The molecule has 4 nitrogen and oxygen atoms in total. The molecule has 0 saturated carbocycles. The van der Waals surface area contributed by atoms with Crippen molar-refractivity contribution >= 4 is 5.82 Å². The summed E-state index contributed by atoms with van der Waals surface area (Å²) in [6.45, 7) is 6.05. The number of rotatable bonds is 3. The van der Waals surface area contributed by atoms with Crippen LogP contribution in [0.2, 0.25) is 0 Å². The maximum atomic E-state index is 5.75. The van der Waals surface area contributed by atoms with Crippen molar-refractivity contribution in [1.29, 1.82) is 0 Å². The smallest absolute Gasteiger partial charge is 0.123 e. The van der Waals surface area contributed by atoms with Gasteiger partial charge in [-0.1, -0.05) is 0 Å². The summed E-state index contributed by atoms with van der Waals surface area (Å²) in [5, 5.41) is 0. The van der Waals surface area contributed by atoms with Gasteiger partial charge in [0.2, 0.25) is 0 Å². The first-order valence-electron chi connectivity index (χ1n) is 7.48. The van der Waals surface area contributed by atoms with Crippen molar-refractivity contribution in [2.45, 2.75) is 38.3 Å². The second-order valence-corrected chi connectivity index (χ2v) is 5.86. The molecule has 1 aromatic rings. The van der Waals surface area contributed by atoms with Crippen LogP contribution in [0.5, 0.6) is 0 Å². The van der Waals surface area contributed by atoms with Crippen molar-refractivity contribution in [3.8, 4) is 0 Å². The van der Waals surface area contributed by atoms with Crippen molar-refractivity contribution in [3.63, 3.8) is 0 Å². The molecular formula is C15H24N4. The molecule has 2 aliphatic heterocycles. The summed E-state index contributed by atoms with van der Waals surface area (Å²) >= 11 is 0. The van der Waals surface area contributed by atoms with Gasteiger partial charge in [0.15, 0.2) is 0 Å². The number of nitrogen functional groups attached to an aromatic ring is 1. The lowest BCUT2D eigenvalue weighted by Crippen LogP contribution is -2.46. The van der Waals surface area contributed by atoms with Crippen molar-refractivity contribution in [2.24, 2.45) is 0 Å². The molecular weight excluding hydrogens is 236 g/mol. The summed E-state index contributed by atoms with van der Waals surface area (Å²) in [7, 11) is 0. The molecule has 0 bridgehead atoms. The summed E-state index contributed by atoms with van der Waals surface area (Å²) < 4.78 is 0. The quantitative estimate of drug-likeness (QED) is 0.899. The van der Waals surface area contributed by atoms with Crippen LogP contribution < -0.4 is 5.73 Å². The normalized spacial score (nSPS) is 25.8. The van der Waals surface area contributed by atoms with Gasteiger partial charge in [-0.05, 0) is 63.0 Å². The van der Waals surface area contributed by atoms with Crippen LogP contribution in [0.1, 0.15) is 31.2 Å². The Morgan fingerprint density at radius 3 is 2.84 bits per heavy atom. The first-order chi connectivity index (χ1) is 9.31. The Labute approximate surface area is 115 Å². The van der Waals surface area contributed by atoms with Crippen molar-refractivity contribution in [1.82, 2.24) is 14.8 Å². The fraction of sp³-hybridized carbons (Fsp3) is 0.667. The van der Waals surface area contributed by atoms with Crippen LogP contribution in [0.4, 0.5) is 5.82 Å². The summed E-state index contributed by atoms with van der Waals surface area (Å²) in [6.07, 6.45) is 7.28. The molecule has 0 aliphatic carbocycles. The maximum absolute atomic E-state index is 5.75. The summed E-state index contributed by atoms with van der Waals surface area (Å²) in [4.78, 5) is 9.32. The first-order valence-corrected chi connectivity index (χ1v) is 7.48. The molecule has 0 spiro atoms. The number of hydrogen-bond acceptors (Lipinski definition) is 4. The third-order valence-electron chi connectivity index (χ3n) is 4.39. The minimum atomic E-state index is 0.630. The van der Waals surface area contributed by atoms with E-state index >= 15 is 0 Å². The highest BCUT2D eigenvalue weighted by Gasteiger charge is 2.26. The standard InChI is InChI=1S/C15H24N4/c16-15-10-13(5-6-17-15)11-18-7-3-4-14(12-18)19-8-1-2-9-19/h5-6,10,14H,1-4,7-9,11-12H2,(H2,16,17). The van der Waals surface area contributed by atoms with Gasteiger partial charge in [0, 0.05) is 25.3 Å². The van der Waals surface area contributed by atoms with E-state index in [1.54, 1.807) is 0 Å². The zero-order valence-corrected chi connectivity index (χ0v) is 11.6. The molecule has 19 heavy (non-hydrogen) atoms. The van der Waals surface area contributed by atoms with E-state index in [0.29, 0.717) is 5.82 Å². The lowest BCUT2D eigenvalue weighted by atomic mass is 10.0. The van der Waals surface area contributed by atoms with Crippen molar-refractivity contribution < 1.29 is 0 Å². The van der Waals surface area contributed by atoms with Crippen LogP contribution in [0, 0.1) is 0 Å². The van der Waals surface area contributed by atoms with Crippen LogP contribution in [0.15, 0.2) is 18.3 Å². The van der Waals surface area contributed by atoms with Crippen LogP contribution in [-0.4, -0.2) is 47.0 Å². The molecule has 1 unspecified atom stereocenters. The van der Waals surface area contributed by atoms with Gasteiger partial charge in [-0.3, -0.25) is 9.80 Å². The number of hydrogen-bond donors (Lipinski definition) is 1. The summed E-state index contributed by atoms with van der Waals surface area (Å²) in [6, 6.07) is 4.85. The molecule has 0 radical (unpaired) electrons. The van der Waals surface area contributed by atoms with Crippen LogP contribution >= 0.6 is 0 Å². The van der Waals surface area contributed by atoms with E-state index in [9.17, 15) is 0 Å². The predicted octanol–water partition coefficient (Wildman–Crippen LogP) is 1.72. The predicted molar refractivity (Wildman–Crippen MR) is 77.8 cm³/mol. The van der Waals surface area contributed by atoms with E-state index in [-0.39, 0.29) is 0 Å². The number of likely N-dealkylation sites (tertiary alicyclic amines) is 2.